The minimum atomic E-state index is -0.323. The van der Waals surface area contributed by atoms with Crippen molar-refractivity contribution in [1.29, 1.82) is 0 Å². The van der Waals surface area contributed by atoms with E-state index in [0.717, 1.165) is 11.3 Å². The highest BCUT2D eigenvalue weighted by Gasteiger charge is 2.62. The van der Waals surface area contributed by atoms with Crippen LogP contribution in [0, 0.1) is 17.3 Å². The number of fused-ring (bicyclic) bond motifs is 1. The Kier molecular flexibility index (Phi) is 4.26. The van der Waals surface area contributed by atoms with Gasteiger partial charge in [0.2, 0.25) is 11.8 Å². The van der Waals surface area contributed by atoms with E-state index in [-0.39, 0.29) is 41.0 Å². The highest BCUT2D eigenvalue weighted by Crippen LogP contribution is 2.60. The molecule has 4 heteroatoms. The number of nitrogens with zero attached hydrogens (tertiary/aromatic N) is 1. The van der Waals surface area contributed by atoms with Crippen LogP contribution in [0.4, 0.5) is 5.69 Å². The fraction of sp³-hybridized carbons (Fsp3) is 0.524. The second kappa shape index (κ2) is 6.01. The first-order valence-corrected chi connectivity index (χ1v) is 9.02. The van der Waals surface area contributed by atoms with Gasteiger partial charge in [0.1, 0.15) is 0 Å². The van der Waals surface area contributed by atoms with E-state index in [9.17, 15) is 9.59 Å². The first kappa shape index (κ1) is 17.7. The van der Waals surface area contributed by atoms with Gasteiger partial charge in [-0.3, -0.25) is 9.59 Å². The van der Waals surface area contributed by atoms with Gasteiger partial charge >= 0.3 is 0 Å². The highest BCUT2D eigenvalue weighted by atomic mass is 16.2. The molecule has 0 saturated heterocycles. The summed E-state index contributed by atoms with van der Waals surface area (Å²) in [4.78, 5) is 27.2. The van der Waals surface area contributed by atoms with Crippen molar-refractivity contribution in [2.24, 2.45) is 23.0 Å². The normalized spacial score (nSPS) is 29.6. The largest absolute Gasteiger partial charge is 0.369 e. The number of nitrogens with two attached hydrogens (primary N) is 1. The summed E-state index contributed by atoms with van der Waals surface area (Å²) >= 11 is 0. The lowest BCUT2D eigenvalue weighted by Crippen LogP contribution is -2.46. The Hall–Kier alpha value is -2.10. The molecule has 1 aliphatic carbocycles. The van der Waals surface area contributed by atoms with Crippen molar-refractivity contribution in [2.75, 3.05) is 4.90 Å². The number of benzene rings is 1. The van der Waals surface area contributed by atoms with Crippen molar-refractivity contribution in [1.82, 2.24) is 0 Å². The summed E-state index contributed by atoms with van der Waals surface area (Å²) in [6.45, 7) is 10.5. The molecule has 4 atom stereocenters. The van der Waals surface area contributed by atoms with E-state index >= 15 is 0 Å². The van der Waals surface area contributed by atoms with Gasteiger partial charge < -0.3 is 10.6 Å². The third-order valence-corrected chi connectivity index (χ3v) is 5.86. The summed E-state index contributed by atoms with van der Waals surface area (Å²) in [5, 5.41) is 0. The minimum absolute atomic E-state index is 0.0111. The Morgan fingerprint density at radius 3 is 2.48 bits per heavy atom. The van der Waals surface area contributed by atoms with Gasteiger partial charge in [0.15, 0.2) is 0 Å². The zero-order chi connectivity index (χ0) is 18.5. The quantitative estimate of drug-likeness (QED) is 0.854. The summed E-state index contributed by atoms with van der Waals surface area (Å²) in [7, 11) is 0. The van der Waals surface area contributed by atoms with Gasteiger partial charge in [-0.2, -0.15) is 0 Å². The van der Waals surface area contributed by atoms with Crippen LogP contribution in [0.2, 0.25) is 0 Å². The summed E-state index contributed by atoms with van der Waals surface area (Å²) in [5.41, 5.74) is 8.54. The van der Waals surface area contributed by atoms with E-state index in [1.165, 1.54) is 5.57 Å². The van der Waals surface area contributed by atoms with Gasteiger partial charge in [0.05, 0.1) is 11.8 Å². The molecule has 1 saturated carbocycles. The number of primary amides is 1. The number of amides is 2. The molecule has 1 aromatic carbocycles. The van der Waals surface area contributed by atoms with Crippen LogP contribution >= 0.6 is 0 Å². The average Bonchev–Trinajstić information content (AvgIpc) is 3.05. The molecule has 1 aliphatic heterocycles. The molecule has 1 aromatic rings. The molecule has 0 spiro atoms. The molecule has 1 heterocycles. The van der Waals surface area contributed by atoms with E-state index in [1.807, 2.05) is 36.1 Å². The van der Waals surface area contributed by atoms with E-state index in [1.54, 1.807) is 0 Å². The van der Waals surface area contributed by atoms with Crippen LogP contribution in [-0.2, 0) is 9.59 Å². The maximum Gasteiger partial charge on any atom is 0.231 e. The molecule has 25 heavy (non-hydrogen) atoms. The molecule has 2 aliphatic rings. The summed E-state index contributed by atoms with van der Waals surface area (Å²) in [6, 6.07) is 7.64. The zero-order valence-electron chi connectivity index (χ0n) is 15.7. The first-order valence-electron chi connectivity index (χ1n) is 9.02. The lowest BCUT2D eigenvalue weighted by molar-refractivity contribution is -0.123. The molecule has 4 nitrogen and oxygen atoms in total. The van der Waals surface area contributed by atoms with Crippen LogP contribution in [-0.4, -0.2) is 17.9 Å². The van der Waals surface area contributed by atoms with Crippen LogP contribution in [0.25, 0.3) is 0 Å². The topological polar surface area (TPSA) is 63.4 Å². The van der Waals surface area contributed by atoms with E-state index in [0.29, 0.717) is 6.42 Å². The monoisotopic (exact) mass is 340 g/mol. The van der Waals surface area contributed by atoms with Crippen molar-refractivity contribution in [3.8, 4) is 0 Å². The molecule has 2 amide bonds. The average molecular weight is 340 g/mol. The van der Waals surface area contributed by atoms with Gasteiger partial charge in [-0.1, -0.05) is 43.7 Å². The molecule has 0 unspecified atom stereocenters. The number of para-hydroxylation sites is 1. The molecule has 0 bridgehead atoms. The van der Waals surface area contributed by atoms with Crippen LogP contribution in [0.1, 0.15) is 52.5 Å². The molecule has 134 valence electrons. The van der Waals surface area contributed by atoms with Gasteiger partial charge in [0, 0.05) is 11.7 Å². The third-order valence-electron chi connectivity index (χ3n) is 5.86. The van der Waals surface area contributed by atoms with Crippen LogP contribution in [0.3, 0.4) is 0 Å². The SMILES string of the molecule is CC(C)=C[C@@H]1[C@H](C(=O)N2c3ccccc3[C@@H](C(N)=O)C[C@H]2C)C1(C)C. The summed E-state index contributed by atoms with van der Waals surface area (Å²) in [5.74, 6) is -0.215. The molecular formula is C21H28N2O2. The Morgan fingerprint density at radius 2 is 1.88 bits per heavy atom. The third kappa shape index (κ3) is 2.88. The first-order chi connectivity index (χ1) is 11.7. The fourth-order valence-corrected chi connectivity index (χ4v) is 4.39. The molecular weight excluding hydrogens is 312 g/mol. The maximum absolute atomic E-state index is 13.4. The number of hydrogen-bond acceptors (Lipinski definition) is 2. The number of hydrogen-bond donors (Lipinski definition) is 1. The smallest absolute Gasteiger partial charge is 0.231 e. The molecule has 0 aromatic heterocycles. The zero-order valence-corrected chi connectivity index (χ0v) is 15.7. The van der Waals surface area contributed by atoms with Crippen molar-refractivity contribution >= 4 is 17.5 Å². The lowest BCUT2D eigenvalue weighted by atomic mass is 9.85. The lowest BCUT2D eigenvalue weighted by Gasteiger charge is -2.38. The van der Waals surface area contributed by atoms with Crippen LogP contribution in [0.15, 0.2) is 35.9 Å². The number of carbonyl (C=O) groups is 2. The van der Waals surface area contributed by atoms with Crippen LogP contribution < -0.4 is 10.6 Å². The summed E-state index contributed by atoms with van der Waals surface area (Å²) < 4.78 is 0. The Labute approximate surface area is 150 Å². The highest BCUT2D eigenvalue weighted by molar-refractivity contribution is 6.01. The predicted octanol–water partition coefficient (Wildman–Crippen LogP) is 3.62. The second-order valence-corrected chi connectivity index (χ2v) is 8.38. The van der Waals surface area contributed by atoms with Gasteiger partial charge in [0.25, 0.3) is 0 Å². The number of carbonyl (C=O) groups excluding carboxylic acids is 2. The van der Waals surface area contributed by atoms with Crippen LogP contribution in [0.5, 0.6) is 0 Å². The van der Waals surface area contributed by atoms with Gasteiger partial charge in [-0.05, 0) is 50.2 Å². The van der Waals surface area contributed by atoms with Crippen molar-refractivity contribution in [3.63, 3.8) is 0 Å². The second-order valence-electron chi connectivity index (χ2n) is 8.38. The van der Waals surface area contributed by atoms with Crippen molar-refractivity contribution in [3.05, 3.63) is 41.5 Å². The predicted molar refractivity (Wildman–Crippen MR) is 100 cm³/mol. The fourth-order valence-electron chi connectivity index (χ4n) is 4.39. The molecule has 0 radical (unpaired) electrons. The van der Waals surface area contributed by atoms with Crippen molar-refractivity contribution < 1.29 is 9.59 Å². The van der Waals surface area contributed by atoms with Gasteiger partial charge in [-0.15, -0.1) is 0 Å². The minimum Gasteiger partial charge on any atom is -0.369 e. The summed E-state index contributed by atoms with van der Waals surface area (Å²) in [6.07, 6.45) is 2.80. The number of anilines is 1. The Morgan fingerprint density at radius 1 is 1.24 bits per heavy atom. The Balaban J connectivity index is 1.97. The van der Waals surface area contributed by atoms with E-state index in [2.05, 4.69) is 33.8 Å². The van der Waals surface area contributed by atoms with Gasteiger partial charge in [-0.25, -0.2) is 0 Å². The van der Waals surface area contributed by atoms with Crippen molar-refractivity contribution in [2.45, 2.75) is 53.0 Å². The molecule has 3 rings (SSSR count). The number of rotatable bonds is 3. The maximum atomic E-state index is 13.4. The standard InChI is InChI=1S/C21H28N2O2/c1-12(2)10-16-18(21(16,4)5)20(25)23-13(3)11-15(19(22)24)14-8-6-7-9-17(14)23/h6-10,13,15-16,18H,11H2,1-5H3,(H2,22,24)/t13-,15+,16-,18-/m1/s1. The number of allylic oxidation sites excluding steroid dienone is 2. The van der Waals surface area contributed by atoms with E-state index < -0.39 is 0 Å². The van der Waals surface area contributed by atoms with E-state index in [4.69, 9.17) is 5.73 Å². The molecule has 2 N–H and O–H groups in total. The Bertz CT molecular complexity index is 746. The molecule has 1 fully saturated rings.